The zero-order valence-corrected chi connectivity index (χ0v) is 20.5. The fourth-order valence-electron chi connectivity index (χ4n) is 3.92. The van der Waals surface area contributed by atoms with E-state index in [0.29, 0.717) is 6.54 Å². The van der Waals surface area contributed by atoms with Gasteiger partial charge in [-0.15, -0.1) is 24.0 Å². The summed E-state index contributed by atoms with van der Waals surface area (Å²) in [4.78, 5) is 6.89. The summed E-state index contributed by atoms with van der Waals surface area (Å²) in [6.07, 6.45) is 6.33. The minimum atomic E-state index is 0. The summed E-state index contributed by atoms with van der Waals surface area (Å²) in [5.74, 6) is 0.782. The van der Waals surface area contributed by atoms with Crippen LogP contribution < -0.4 is 15.5 Å². The summed E-state index contributed by atoms with van der Waals surface area (Å²) in [5, 5.41) is 11.3. The lowest BCUT2D eigenvalue weighted by Gasteiger charge is -2.22. The third-order valence-electron chi connectivity index (χ3n) is 5.61. The molecule has 6 nitrogen and oxygen atoms in total. The smallest absolute Gasteiger partial charge is 0.191 e. The first kappa shape index (κ1) is 23.1. The van der Waals surface area contributed by atoms with E-state index in [1.165, 1.54) is 24.1 Å². The number of para-hydroxylation sites is 1. The molecule has 1 saturated heterocycles. The van der Waals surface area contributed by atoms with Crippen LogP contribution in [-0.2, 0) is 6.54 Å². The minimum absolute atomic E-state index is 0. The van der Waals surface area contributed by atoms with E-state index >= 15 is 0 Å². The van der Waals surface area contributed by atoms with E-state index in [-0.39, 0.29) is 30.0 Å². The molecule has 2 N–H and O–H groups in total. The van der Waals surface area contributed by atoms with Gasteiger partial charge in [0.1, 0.15) is 0 Å². The van der Waals surface area contributed by atoms with Crippen molar-refractivity contribution in [3.63, 3.8) is 0 Å². The van der Waals surface area contributed by atoms with Crippen LogP contribution in [0.2, 0.25) is 0 Å². The summed E-state index contributed by atoms with van der Waals surface area (Å²) in [5.41, 5.74) is 4.80. The van der Waals surface area contributed by atoms with Crippen LogP contribution in [0, 0.1) is 0 Å². The molecule has 31 heavy (non-hydrogen) atoms. The number of aromatic nitrogens is 2. The molecular formula is C24H31IN6. The van der Waals surface area contributed by atoms with Gasteiger partial charge in [0, 0.05) is 44.8 Å². The number of nitrogens with one attached hydrogen (secondary N) is 2. The lowest BCUT2D eigenvalue weighted by Crippen LogP contribution is -2.38. The Morgan fingerprint density at radius 1 is 1.10 bits per heavy atom. The molecule has 0 amide bonds. The Hall–Kier alpha value is -2.55. The van der Waals surface area contributed by atoms with Crippen molar-refractivity contribution >= 4 is 35.6 Å². The van der Waals surface area contributed by atoms with Crippen LogP contribution in [-0.4, -0.2) is 35.9 Å². The zero-order chi connectivity index (χ0) is 20.8. The van der Waals surface area contributed by atoms with Crippen LogP contribution in [0.5, 0.6) is 0 Å². The monoisotopic (exact) mass is 530 g/mol. The highest BCUT2D eigenvalue weighted by atomic mass is 127. The van der Waals surface area contributed by atoms with Crippen molar-refractivity contribution in [2.75, 3.05) is 25.0 Å². The second kappa shape index (κ2) is 11.2. The molecule has 0 spiro atoms. The van der Waals surface area contributed by atoms with Gasteiger partial charge in [-0.3, -0.25) is 4.99 Å². The first-order valence-corrected chi connectivity index (χ1v) is 10.6. The zero-order valence-electron chi connectivity index (χ0n) is 18.2. The van der Waals surface area contributed by atoms with Gasteiger partial charge in [0.05, 0.1) is 11.7 Å². The highest BCUT2D eigenvalue weighted by Crippen LogP contribution is 2.24. The molecule has 1 atom stereocenters. The number of rotatable bonds is 6. The number of anilines is 1. The molecule has 0 bridgehead atoms. The summed E-state index contributed by atoms with van der Waals surface area (Å²) in [6, 6.07) is 19.2. The maximum Gasteiger partial charge on any atom is 0.191 e. The van der Waals surface area contributed by atoms with E-state index < -0.39 is 0 Å². The van der Waals surface area contributed by atoms with Crippen molar-refractivity contribution < 1.29 is 0 Å². The van der Waals surface area contributed by atoms with Gasteiger partial charge in [-0.05, 0) is 55.2 Å². The predicted octanol–water partition coefficient (Wildman–Crippen LogP) is 4.52. The molecule has 4 rings (SSSR count). The first-order valence-electron chi connectivity index (χ1n) is 10.6. The lowest BCUT2D eigenvalue weighted by atomic mass is 10.1. The fourth-order valence-corrected chi connectivity index (χ4v) is 3.92. The van der Waals surface area contributed by atoms with Gasteiger partial charge in [-0.1, -0.05) is 30.3 Å². The van der Waals surface area contributed by atoms with Crippen molar-refractivity contribution in [1.82, 2.24) is 20.4 Å². The highest BCUT2D eigenvalue weighted by molar-refractivity contribution is 14.0. The molecule has 1 aromatic heterocycles. The van der Waals surface area contributed by atoms with Crippen molar-refractivity contribution in [2.24, 2.45) is 4.99 Å². The number of guanidine groups is 1. The van der Waals surface area contributed by atoms with Crippen molar-refractivity contribution in [2.45, 2.75) is 32.4 Å². The molecule has 164 valence electrons. The van der Waals surface area contributed by atoms with Crippen molar-refractivity contribution in [3.05, 3.63) is 78.1 Å². The summed E-state index contributed by atoms with van der Waals surface area (Å²) in [6.45, 7) is 5.15. The second-order valence-corrected chi connectivity index (χ2v) is 7.66. The van der Waals surface area contributed by atoms with E-state index in [1.54, 1.807) is 6.20 Å². The molecule has 2 heterocycles. The molecule has 1 fully saturated rings. The average Bonchev–Trinajstić information content (AvgIpc) is 3.51. The average molecular weight is 530 g/mol. The Kier molecular flexibility index (Phi) is 8.34. The summed E-state index contributed by atoms with van der Waals surface area (Å²) in [7, 11) is 1.81. The number of hydrogen-bond donors (Lipinski definition) is 2. The van der Waals surface area contributed by atoms with Crippen molar-refractivity contribution in [1.29, 1.82) is 0 Å². The Morgan fingerprint density at radius 2 is 1.90 bits per heavy atom. The van der Waals surface area contributed by atoms with Gasteiger partial charge in [-0.25, -0.2) is 4.68 Å². The van der Waals surface area contributed by atoms with Crippen LogP contribution in [0.15, 0.2) is 72.0 Å². The van der Waals surface area contributed by atoms with Crippen molar-refractivity contribution in [3.8, 4) is 5.69 Å². The molecule has 2 aromatic carbocycles. The topological polar surface area (TPSA) is 57.5 Å². The molecule has 0 aliphatic carbocycles. The van der Waals surface area contributed by atoms with Crippen LogP contribution in [0.3, 0.4) is 0 Å². The van der Waals surface area contributed by atoms with E-state index in [2.05, 4.69) is 68.9 Å². The standard InChI is InChI=1S/C24H30N6.HI/c1-19(20-10-7-11-22(17-20)29-14-5-6-15-29)28-24(25-2)26-18-21-9-3-4-12-23(21)30-16-8-13-27-30;/h3-4,7-13,16-17,19H,5-6,14-15,18H2,1-2H3,(H2,25,26,28);1H. The second-order valence-electron chi connectivity index (χ2n) is 7.66. The highest BCUT2D eigenvalue weighted by Gasteiger charge is 2.15. The third-order valence-corrected chi connectivity index (χ3v) is 5.61. The van der Waals surface area contributed by atoms with E-state index in [9.17, 15) is 0 Å². The van der Waals surface area contributed by atoms with Gasteiger partial charge in [-0.2, -0.15) is 5.10 Å². The van der Waals surface area contributed by atoms with E-state index in [4.69, 9.17) is 0 Å². The number of nitrogens with zero attached hydrogens (tertiary/aromatic N) is 4. The molecule has 3 aromatic rings. The molecule has 7 heteroatoms. The molecule has 0 saturated carbocycles. The Balaban J connectivity index is 0.00000272. The number of aliphatic imine (C=N–C) groups is 1. The normalized spacial score (nSPS) is 14.8. The Morgan fingerprint density at radius 3 is 2.65 bits per heavy atom. The van der Waals surface area contributed by atoms with Crippen LogP contribution >= 0.6 is 24.0 Å². The van der Waals surface area contributed by atoms with E-state index in [1.807, 2.05) is 36.1 Å². The largest absolute Gasteiger partial charge is 0.372 e. The number of hydrogen-bond acceptors (Lipinski definition) is 3. The minimum Gasteiger partial charge on any atom is -0.372 e. The van der Waals surface area contributed by atoms with Crippen LogP contribution in [0.25, 0.3) is 5.69 Å². The molecule has 1 aliphatic rings. The third kappa shape index (κ3) is 5.78. The Bertz CT molecular complexity index is 979. The van der Waals surface area contributed by atoms with E-state index in [0.717, 1.165) is 30.3 Å². The predicted molar refractivity (Wildman–Crippen MR) is 139 cm³/mol. The maximum atomic E-state index is 4.42. The van der Waals surface area contributed by atoms with Gasteiger partial charge in [0.25, 0.3) is 0 Å². The molecule has 1 aliphatic heterocycles. The maximum absolute atomic E-state index is 4.42. The van der Waals surface area contributed by atoms with Gasteiger partial charge in [0.15, 0.2) is 5.96 Å². The summed E-state index contributed by atoms with van der Waals surface area (Å²) >= 11 is 0. The van der Waals surface area contributed by atoms with Gasteiger partial charge in [0.2, 0.25) is 0 Å². The quantitative estimate of drug-likeness (QED) is 0.280. The SMILES string of the molecule is CN=C(NCc1ccccc1-n1cccn1)NC(C)c1cccc(N2CCCC2)c1.I. The van der Waals surface area contributed by atoms with Crippen LogP contribution in [0.4, 0.5) is 5.69 Å². The number of halogens is 1. The Labute approximate surface area is 201 Å². The molecular weight excluding hydrogens is 499 g/mol. The summed E-state index contributed by atoms with van der Waals surface area (Å²) < 4.78 is 1.89. The van der Waals surface area contributed by atoms with Gasteiger partial charge >= 0.3 is 0 Å². The first-order chi connectivity index (χ1) is 14.7. The fraction of sp³-hybridized carbons (Fsp3) is 0.333. The number of benzene rings is 2. The van der Waals surface area contributed by atoms with Gasteiger partial charge < -0.3 is 15.5 Å². The van der Waals surface area contributed by atoms with Crippen LogP contribution in [0.1, 0.15) is 36.9 Å². The lowest BCUT2D eigenvalue weighted by molar-refractivity contribution is 0.684. The molecule has 1 unspecified atom stereocenters. The molecule has 0 radical (unpaired) electrons.